The molecule has 0 atom stereocenters. The van der Waals surface area contributed by atoms with Crippen LogP contribution in [-0.4, -0.2) is 24.4 Å². The highest BCUT2D eigenvalue weighted by Gasteiger charge is 2.16. The maximum Gasteiger partial charge on any atom is 0.251 e. The molecule has 6 heteroatoms. The molecule has 1 aromatic carbocycles. The van der Waals surface area contributed by atoms with Crippen molar-refractivity contribution in [1.29, 1.82) is 0 Å². The number of carbonyl (C=O) groups is 2. The Bertz CT molecular complexity index is 508. The largest absolute Gasteiger partial charge is 0.352 e. The number of hydrogen-bond donors (Lipinski definition) is 2. The summed E-state index contributed by atoms with van der Waals surface area (Å²) in [5.74, 6) is -2.61. The minimum Gasteiger partial charge on any atom is -0.352 e. The number of rotatable bonds is 4. The van der Waals surface area contributed by atoms with Gasteiger partial charge in [0.05, 0.1) is 6.54 Å². The van der Waals surface area contributed by atoms with E-state index in [0.29, 0.717) is 6.07 Å². The lowest BCUT2D eigenvalue weighted by molar-refractivity contribution is -0.121. The highest BCUT2D eigenvalue weighted by molar-refractivity contribution is 5.96. The van der Waals surface area contributed by atoms with E-state index in [0.717, 1.165) is 37.8 Å². The van der Waals surface area contributed by atoms with Crippen molar-refractivity contribution in [2.45, 2.75) is 38.1 Å². The van der Waals surface area contributed by atoms with E-state index in [1.807, 2.05) is 0 Å². The third kappa shape index (κ3) is 4.81. The second-order valence-corrected chi connectivity index (χ2v) is 5.24. The lowest BCUT2D eigenvalue weighted by Gasteiger charge is -2.22. The van der Waals surface area contributed by atoms with E-state index in [1.54, 1.807) is 0 Å². The fourth-order valence-electron chi connectivity index (χ4n) is 2.47. The SMILES string of the molecule is O=C(CNC(=O)c1cc(F)cc(F)c1)NC1CCCCC1. The van der Waals surface area contributed by atoms with Crippen LogP contribution in [0.3, 0.4) is 0 Å². The smallest absolute Gasteiger partial charge is 0.251 e. The predicted molar refractivity (Wildman–Crippen MR) is 73.7 cm³/mol. The van der Waals surface area contributed by atoms with Crippen LogP contribution in [0.5, 0.6) is 0 Å². The van der Waals surface area contributed by atoms with Gasteiger partial charge in [-0.05, 0) is 25.0 Å². The Labute approximate surface area is 121 Å². The summed E-state index contributed by atoms with van der Waals surface area (Å²) in [4.78, 5) is 23.4. The van der Waals surface area contributed by atoms with Gasteiger partial charge >= 0.3 is 0 Å². The fourth-order valence-corrected chi connectivity index (χ4v) is 2.47. The Kier molecular flexibility index (Phi) is 5.25. The number of carbonyl (C=O) groups excluding carboxylic acids is 2. The summed E-state index contributed by atoms with van der Waals surface area (Å²) in [6, 6.07) is 2.70. The van der Waals surface area contributed by atoms with Gasteiger partial charge < -0.3 is 10.6 Å². The van der Waals surface area contributed by atoms with Gasteiger partial charge in [0.1, 0.15) is 11.6 Å². The normalized spacial score (nSPS) is 15.5. The number of benzene rings is 1. The third-order valence-corrected chi connectivity index (χ3v) is 3.50. The van der Waals surface area contributed by atoms with Gasteiger partial charge in [-0.25, -0.2) is 8.78 Å². The Morgan fingerprint density at radius 2 is 1.67 bits per heavy atom. The van der Waals surface area contributed by atoms with Crippen molar-refractivity contribution in [3.8, 4) is 0 Å². The van der Waals surface area contributed by atoms with Gasteiger partial charge in [0, 0.05) is 17.7 Å². The Hall–Kier alpha value is -1.98. The quantitative estimate of drug-likeness (QED) is 0.894. The minimum atomic E-state index is -0.827. The van der Waals surface area contributed by atoms with Crippen LogP contribution in [0.1, 0.15) is 42.5 Å². The highest BCUT2D eigenvalue weighted by atomic mass is 19.1. The molecule has 1 saturated carbocycles. The Balaban J connectivity index is 1.81. The zero-order valence-corrected chi connectivity index (χ0v) is 11.6. The maximum atomic E-state index is 13.0. The molecule has 0 heterocycles. The molecule has 4 nitrogen and oxygen atoms in total. The second kappa shape index (κ2) is 7.15. The molecule has 0 spiro atoms. The van der Waals surface area contributed by atoms with Crippen molar-refractivity contribution in [2.24, 2.45) is 0 Å². The van der Waals surface area contributed by atoms with E-state index in [-0.39, 0.29) is 24.1 Å². The summed E-state index contributed by atoms with van der Waals surface area (Å²) in [5, 5.41) is 5.21. The van der Waals surface area contributed by atoms with E-state index < -0.39 is 17.5 Å². The fraction of sp³-hybridized carbons (Fsp3) is 0.467. The molecule has 0 radical (unpaired) electrons. The first-order valence-corrected chi connectivity index (χ1v) is 7.08. The lowest BCUT2D eigenvalue weighted by atomic mass is 9.95. The Morgan fingerprint density at radius 1 is 1.05 bits per heavy atom. The topological polar surface area (TPSA) is 58.2 Å². The van der Waals surface area contributed by atoms with Crippen molar-refractivity contribution in [2.75, 3.05) is 6.54 Å². The number of nitrogens with one attached hydrogen (secondary N) is 2. The van der Waals surface area contributed by atoms with E-state index >= 15 is 0 Å². The van der Waals surface area contributed by atoms with Crippen LogP contribution in [0, 0.1) is 11.6 Å². The molecule has 114 valence electrons. The number of hydrogen-bond acceptors (Lipinski definition) is 2. The summed E-state index contributed by atoms with van der Waals surface area (Å²) in [5.41, 5.74) is -0.141. The monoisotopic (exact) mass is 296 g/mol. The first-order valence-electron chi connectivity index (χ1n) is 7.08. The molecule has 21 heavy (non-hydrogen) atoms. The molecular weight excluding hydrogens is 278 g/mol. The summed E-state index contributed by atoms with van der Waals surface area (Å²) in [6.45, 7) is -0.201. The highest BCUT2D eigenvalue weighted by Crippen LogP contribution is 2.17. The van der Waals surface area contributed by atoms with E-state index in [2.05, 4.69) is 10.6 Å². The first kappa shape index (κ1) is 15.4. The van der Waals surface area contributed by atoms with Crippen LogP contribution in [-0.2, 0) is 4.79 Å². The molecule has 0 bridgehead atoms. The molecule has 2 amide bonds. The van der Waals surface area contributed by atoms with Crippen LogP contribution < -0.4 is 10.6 Å². The van der Waals surface area contributed by atoms with Gasteiger partial charge in [-0.3, -0.25) is 9.59 Å². The third-order valence-electron chi connectivity index (χ3n) is 3.50. The lowest BCUT2D eigenvalue weighted by Crippen LogP contribution is -2.42. The van der Waals surface area contributed by atoms with Crippen LogP contribution in [0.25, 0.3) is 0 Å². The van der Waals surface area contributed by atoms with Crippen LogP contribution in [0.4, 0.5) is 8.78 Å². The molecule has 1 aliphatic rings. The van der Waals surface area contributed by atoms with E-state index in [9.17, 15) is 18.4 Å². The average Bonchev–Trinajstić information content (AvgIpc) is 2.45. The first-order chi connectivity index (χ1) is 10.0. The van der Waals surface area contributed by atoms with Gasteiger partial charge in [-0.1, -0.05) is 19.3 Å². The van der Waals surface area contributed by atoms with Crippen LogP contribution in [0.2, 0.25) is 0 Å². The van der Waals surface area contributed by atoms with Crippen molar-refractivity contribution >= 4 is 11.8 Å². The van der Waals surface area contributed by atoms with Crippen molar-refractivity contribution < 1.29 is 18.4 Å². The Morgan fingerprint density at radius 3 is 2.29 bits per heavy atom. The predicted octanol–water partition coefficient (Wildman–Crippen LogP) is 2.14. The minimum absolute atomic E-state index is 0.141. The average molecular weight is 296 g/mol. The van der Waals surface area contributed by atoms with Gasteiger partial charge in [-0.15, -0.1) is 0 Å². The summed E-state index contributed by atoms with van der Waals surface area (Å²) in [7, 11) is 0. The molecular formula is C15H18F2N2O2. The summed E-state index contributed by atoms with van der Waals surface area (Å²) >= 11 is 0. The standard InChI is InChI=1S/C15H18F2N2O2/c16-11-6-10(7-12(17)8-11)15(21)18-9-14(20)19-13-4-2-1-3-5-13/h6-8,13H,1-5,9H2,(H,18,21)(H,19,20). The van der Waals surface area contributed by atoms with Gasteiger partial charge in [0.25, 0.3) is 5.91 Å². The molecule has 0 aromatic heterocycles. The van der Waals surface area contributed by atoms with Crippen LogP contribution in [0.15, 0.2) is 18.2 Å². The summed E-state index contributed by atoms with van der Waals surface area (Å²) in [6.07, 6.45) is 5.29. The van der Waals surface area contributed by atoms with Crippen molar-refractivity contribution in [3.63, 3.8) is 0 Å². The zero-order chi connectivity index (χ0) is 15.2. The second-order valence-electron chi connectivity index (χ2n) is 5.24. The van der Waals surface area contributed by atoms with E-state index in [1.165, 1.54) is 6.42 Å². The molecule has 1 aromatic rings. The molecule has 2 rings (SSSR count). The zero-order valence-electron chi connectivity index (χ0n) is 11.6. The number of halogens is 2. The molecule has 0 unspecified atom stereocenters. The molecule has 1 fully saturated rings. The number of amides is 2. The summed E-state index contributed by atoms with van der Waals surface area (Å²) < 4.78 is 26.0. The van der Waals surface area contributed by atoms with E-state index in [4.69, 9.17) is 0 Å². The molecule has 0 aliphatic heterocycles. The van der Waals surface area contributed by atoms with Gasteiger partial charge in [0.2, 0.25) is 5.91 Å². The van der Waals surface area contributed by atoms with Crippen LogP contribution >= 0.6 is 0 Å². The van der Waals surface area contributed by atoms with Crippen molar-refractivity contribution in [1.82, 2.24) is 10.6 Å². The molecule has 1 aliphatic carbocycles. The van der Waals surface area contributed by atoms with Crippen molar-refractivity contribution in [3.05, 3.63) is 35.4 Å². The molecule has 2 N–H and O–H groups in total. The maximum absolute atomic E-state index is 13.0. The van der Waals surface area contributed by atoms with Gasteiger partial charge in [0.15, 0.2) is 0 Å². The van der Waals surface area contributed by atoms with Gasteiger partial charge in [-0.2, -0.15) is 0 Å². The molecule has 0 saturated heterocycles.